The van der Waals surface area contributed by atoms with Crippen LogP contribution in [0.15, 0.2) is 82.7 Å². The molecule has 0 spiro atoms. The Bertz CT molecular complexity index is 1340. The van der Waals surface area contributed by atoms with Crippen molar-refractivity contribution in [1.82, 2.24) is 4.90 Å². The van der Waals surface area contributed by atoms with Crippen LogP contribution in [0.2, 0.25) is 5.02 Å². The average Bonchev–Trinajstić information content (AvgIpc) is 3.19. The number of aryl methyl sites for hydroxylation is 1. The maximum Gasteiger partial charge on any atom is 0.266 e. The number of amides is 2. The van der Waals surface area contributed by atoms with Gasteiger partial charge in [0.05, 0.1) is 15.6 Å². The van der Waals surface area contributed by atoms with Gasteiger partial charge in [-0.05, 0) is 73.1 Å². The summed E-state index contributed by atoms with van der Waals surface area (Å²) in [4.78, 5) is 32.4. The van der Waals surface area contributed by atoms with Crippen LogP contribution in [0, 0.1) is 6.92 Å². The van der Waals surface area contributed by atoms with Crippen LogP contribution in [0.5, 0.6) is 5.75 Å². The molecular weight excluding hydrogens is 522 g/mol. The third-order valence-electron chi connectivity index (χ3n) is 5.55. The summed E-state index contributed by atoms with van der Waals surface area (Å²) in [6.45, 7) is 2.85. The van der Waals surface area contributed by atoms with Crippen LogP contribution in [0.1, 0.15) is 17.5 Å². The molecule has 2 amide bonds. The third-order valence-corrected chi connectivity index (χ3v) is 6.85. The highest BCUT2D eigenvalue weighted by Gasteiger charge is 2.33. The van der Waals surface area contributed by atoms with Crippen molar-refractivity contribution in [3.8, 4) is 5.75 Å². The van der Waals surface area contributed by atoms with Crippen LogP contribution in [-0.4, -0.2) is 48.8 Å². The van der Waals surface area contributed by atoms with Crippen molar-refractivity contribution >= 4 is 57.8 Å². The summed E-state index contributed by atoms with van der Waals surface area (Å²) in [5.74, 6) is -0.0290. The second-order valence-electron chi connectivity index (χ2n) is 8.54. The van der Waals surface area contributed by atoms with Crippen molar-refractivity contribution in [2.75, 3.05) is 32.2 Å². The summed E-state index contributed by atoms with van der Waals surface area (Å²) in [6, 6.07) is 22.2. The van der Waals surface area contributed by atoms with Gasteiger partial charge < -0.3 is 14.8 Å². The molecule has 196 valence electrons. The Kier molecular flexibility index (Phi) is 9.59. The predicted molar refractivity (Wildman–Crippen MR) is 154 cm³/mol. The van der Waals surface area contributed by atoms with Crippen LogP contribution in [0.3, 0.4) is 0 Å². The number of thioether (sulfide) groups is 1. The first-order chi connectivity index (χ1) is 18.4. The number of aliphatic imine (C=N–C) groups is 1. The topological polar surface area (TPSA) is 80.2 Å². The number of ether oxygens (including phenoxy) is 2. The number of carbonyl (C=O) groups is 2. The van der Waals surface area contributed by atoms with Gasteiger partial charge in [-0.25, -0.2) is 4.99 Å². The third kappa shape index (κ3) is 7.47. The molecule has 3 aromatic rings. The molecule has 1 aliphatic rings. The van der Waals surface area contributed by atoms with E-state index >= 15 is 0 Å². The fraction of sp³-hybridized carbons (Fsp3) is 0.207. The molecule has 0 saturated carbocycles. The molecule has 0 aliphatic carbocycles. The van der Waals surface area contributed by atoms with Gasteiger partial charge in [-0.3, -0.25) is 14.5 Å². The molecular formula is C29H28ClN3O4S. The van der Waals surface area contributed by atoms with Crippen molar-refractivity contribution in [1.29, 1.82) is 0 Å². The first-order valence-electron chi connectivity index (χ1n) is 12.1. The largest absolute Gasteiger partial charge is 0.482 e. The van der Waals surface area contributed by atoms with E-state index < -0.39 is 0 Å². The number of carbonyl (C=O) groups excluding carboxylic acids is 2. The second-order valence-corrected chi connectivity index (χ2v) is 9.95. The Balaban J connectivity index is 1.44. The molecule has 1 saturated heterocycles. The number of nitrogens with one attached hydrogen (secondary N) is 1. The van der Waals surface area contributed by atoms with Crippen LogP contribution in [0.25, 0.3) is 6.08 Å². The lowest BCUT2D eigenvalue weighted by Crippen LogP contribution is -2.30. The Hall–Kier alpha value is -3.59. The van der Waals surface area contributed by atoms with Gasteiger partial charge in [0.2, 0.25) is 0 Å². The van der Waals surface area contributed by atoms with Crippen molar-refractivity contribution in [2.45, 2.75) is 13.3 Å². The van der Waals surface area contributed by atoms with Gasteiger partial charge in [0.1, 0.15) is 5.75 Å². The number of rotatable bonds is 10. The van der Waals surface area contributed by atoms with E-state index in [1.54, 1.807) is 36.3 Å². The SMILES string of the molecule is COCCCN1C(=O)/C(=C/c2ccc(OCC(=O)Nc3ccc(C)cc3)c(Cl)c2)SC1=Nc1ccccc1. The number of halogens is 1. The number of amidine groups is 1. The number of hydrogen-bond donors (Lipinski definition) is 1. The molecule has 0 aromatic heterocycles. The van der Waals surface area contributed by atoms with Gasteiger partial charge in [0.15, 0.2) is 11.8 Å². The Labute approximate surface area is 231 Å². The first kappa shape index (κ1) is 27.4. The lowest BCUT2D eigenvalue weighted by Gasteiger charge is -2.15. The van der Waals surface area contributed by atoms with E-state index in [4.69, 9.17) is 21.1 Å². The zero-order chi connectivity index (χ0) is 26.9. The van der Waals surface area contributed by atoms with Gasteiger partial charge in [0.25, 0.3) is 11.8 Å². The molecule has 1 N–H and O–H groups in total. The maximum atomic E-state index is 13.2. The van der Waals surface area contributed by atoms with Crippen LogP contribution < -0.4 is 10.1 Å². The minimum absolute atomic E-state index is 0.120. The molecule has 3 aromatic carbocycles. The lowest BCUT2D eigenvalue weighted by molar-refractivity contribution is -0.122. The summed E-state index contributed by atoms with van der Waals surface area (Å²) >= 11 is 7.76. The number of hydrogen-bond acceptors (Lipinski definition) is 6. The van der Waals surface area contributed by atoms with Crippen LogP contribution in [-0.2, 0) is 14.3 Å². The van der Waals surface area contributed by atoms with Crippen LogP contribution in [0.4, 0.5) is 11.4 Å². The summed E-state index contributed by atoms with van der Waals surface area (Å²) in [5, 5.41) is 3.75. The van der Waals surface area contributed by atoms with E-state index in [9.17, 15) is 9.59 Å². The molecule has 0 bridgehead atoms. The summed E-state index contributed by atoms with van der Waals surface area (Å²) < 4.78 is 10.8. The van der Waals surface area contributed by atoms with E-state index in [0.29, 0.717) is 46.1 Å². The average molecular weight is 550 g/mol. The minimum Gasteiger partial charge on any atom is -0.482 e. The molecule has 4 rings (SSSR count). The zero-order valence-electron chi connectivity index (χ0n) is 21.1. The Morgan fingerprint density at radius 2 is 1.87 bits per heavy atom. The van der Waals surface area contributed by atoms with Crippen LogP contribution >= 0.6 is 23.4 Å². The summed E-state index contributed by atoms with van der Waals surface area (Å²) in [5.41, 5.74) is 3.32. The predicted octanol–water partition coefficient (Wildman–Crippen LogP) is 6.31. The highest BCUT2D eigenvalue weighted by atomic mass is 35.5. The fourth-order valence-corrected chi connectivity index (χ4v) is 4.89. The molecule has 9 heteroatoms. The van der Waals surface area contributed by atoms with Crippen molar-refractivity contribution in [2.24, 2.45) is 4.99 Å². The van der Waals surface area contributed by atoms with Gasteiger partial charge in [0, 0.05) is 25.9 Å². The van der Waals surface area contributed by atoms with Gasteiger partial charge in [-0.15, -0.1) is 0 Å². The molecule has 38 heavy (non-hydrogen) atoms. The number of nitrogens with zero attached hydrogens (tertiary/aromatic N) is 2. The van der Waals surface area contributed by atoms with Crippen molar-refractivity contribution in [3.63, 3.8) is 0 Å². The Morgan fingerprint density at radius 1 is 1.11 bits per heavy atom. The summed E-state index contributed by atoms with van der Waals surface area (Å²) in [7, 11) is 1.64. The highest BCUT2D eigenvalue weighted by molar-refractivity contribution is 8.18. The summed E-state index contributed by atoms with van der Waals surface area (Å²) in [6.07, 6.45) is 2.48. The quantitative estimate of drug-likeness (QED) is 0.237. The zero-order valence-corrected chi connectivity index (χ0v) is 22.7. The standard InChI is InChI=1S/C29H28ClN3O4S/c1-20-9-12-23(13-10-20)31-27(34)19-37-25-14-11-21(17-24(25)30)18-26-28(35)33(15-6-16-36-2)29(38-26)32-22-7-4-3-5-8-22/h3-5,7-14,17-18H,6,15-16,19H2,1-2H3,(H,31,34)/b26-18-,32-29?. The molecule has 7 nitrogen and oxygen atoms in total. The number of anilines is 1. The molecule has 0 atom stereocenters. The molecule has 1 fully saturated rings. The molecule has 1 heterocycles. The number of methoxy groups -OCH3 is 1. The minimum atomic E-state index is -0.289. The molecule has 0 radical (unpaired) electrons. The monoisotopic (exact) mass is 549 g/mol. The molecule has 1 aliphatic heterocycles. The molecule has 0 unspecified atom stereocenters. The van der Waals surface area contributed by atoms with E-state index in [1.807, 2.05) is 61.5 Å². The van der Waals surface area contributed by atoms with E-state index in [0.717, 1.165) is 16.8 Å². The van der Waals surface area contributed by atoms with E-state index in [-0.39, 0.29) is 18.4 Å². The number of para-hydroxylation sites is 1. The maximum absolute atomic E-state index is 13.2. The van der Waals surface area contributed by atoms with Gasteiger partial charge in [-0.2, -0.15) is 0 Å². The number of benzene rings is 3. The Morgan fingerprint density at radius 3 is 2.58 bits per heavy atom. The van der Waals surface area contributed by atoms with Gasteiger partial charge >= 0.3 is 0 Å². The smallest absolute Gasteiger partial charge is 0.266 e. The fourth-order valence-electron chi connectivity index (χ4n) is 3.62. The van der Waals surface area contributed by atoms with E-state index in [1.165, 1.54) is 11.8 Å². The first-order valence-corrected chi connectivity index (χ1v) is 13.3. The second kappa shape index (κ2) is 13.3. The van der Waals surface area contributed by atoms with Crippen molar-refractivity contribution in [3.05, 3.63) is 93.9 Å². The highest BCUT2D eigenvalue weighted by Crippen LogP contribution is 2.35. The normalized spacial score (nSPS) is 15.3. The van der Waals surface area contributed by atoms with E-state index in [2.05, 4.69) is 10.3 Å². The van der Waals surface area contributed by atoms with Crippen molar-refractivity contribution < 1.29 is 19.1 Å². The lowest BCUT2D eigenvalue weighted by atomic mass is 10.2. The van der Waals surface area contributed by atoms with Gasteiger partial charge in [-0.1, -0.05) is 53.6 Å².